The zero-order chi connectivity index (χ0) is 25.8. The van der Waals surface area contributed by atoms with Crippen molar-refractivity contribution in [1.82, 2.24) is 5.32 Å². The summed E-state index contributed by atoms with van der Waals surface area (Å²) in [6, 6.07) is 17.8. The van der Waals surface area contributed by atoms with Gasteiger partial charge in [0.1, 0.15) is 5.75 Å². The quantitative estimate of drug-likeness (QED) is 0.410. The van der Waals surface area contributed by atoms with E-state index in [2.05, 4.69) is 31.3 Å². The van der Waals surface area contributed by atoms with Crippen LogP contribution < -0.4 is 14.4 Å². The number of nitrogens with zero attached hydrogens (tertiary/aromatic N) is 1. The maximum Gasteiger partial charge on any atom is 0.258 e. The molecular weight excluding hydrogens is 484 g/mol. The minimum absolute atomic E-state index is 0.108. The van der Waals surface area contributed by atoms with Crippen LogP contribution in [0.4, 0.5) is 5.69 Å². The Labute approximate surface area is 212 Å². The number of aryl methyl sites for hydroxylation is 3. The summed E-state index contributed by atoms with van der Waals surface area (Å²) in [6.07, 6.45) is 1.15. The van der Waals surface area contributed by atoms with Crippen LogP contribution in [0, 0.1) is 20.8 Å². The van der Waals surface area contributed by atoms with Crippen molar-refractivity contribution in [3.8, 4) is 5.75 Å². The van der Waals surface area contributed by atoms with Gasteiger partial charge in [0.25, 0.3) is 5.91 Å². The van der Waals surface area contributed by atoms with Crippen LogP contribution in [0.5, 0.6) is 5.75 Å². The first-order valence-corrected chi connectivity index (χ1v) is 13.5. The Bertz CT molecular complexity index is 1310. The Balaban J connectivity index is 1.63. The number of benzene rings is 3. The highest BCUT2D eigenvalue weighted by Gasteiger charge is 2.19. The van der Waals surface area contributed by atoms with Gasteiger partial charge in [-0.05, 0) is 85.8 Å². The third-order valence-electron chi connectivity index (χ3n) is 5.89. The smallest absolute Gasteiger partial charge is 0.258 e. The molecule has 0 aliphatic rings. The van der Waals surface area contributed by atoms with Gasteiger partial charge in [0.05, 0.1) is 24.5 Å². The Kier molecular flexibility index (Phi) is 8.46. The summed E-state index contributed by atoms with van der Waals surface area (Å²) >= 11 is 6.22. The van der Waals surface area contributed by atoms with Crippen LogP contribution in [0.2, 0.25) is 5.02 Å². The predicted octanol–water partition coefficient (Wildman–Crippen LogP) is 5.49. The molecule has 1 amide bonds. The van der Waals surface area contributed by atoms with Gasteiger partial charge < -0.3 is 10.1 Å². The summed E-state index contributed by atoms with van der Waals surface area (Å²) in [4.78, 5) is 12.5. The van der Waals surface area contributed by atoms with Gasteiger partial charge in [-0.25, -0.2) is 8.42 Å². The average Bonchev–Trinajstić information content (AvgIpc) is 2.79. The van der Waals surface area contributed by atoms with Crippen LogP contribution >= 0.6 is 11.6 Å². The molecule has 0 aliphatic carbocycles. The van der Waals surface area contributed by atoms with Crippen LogP contribution in [-0.4, -0.2) is 27.2 Å². The summed E-state index contributed by atoms with van der Waals surface area (Å²) in [6.45, 7) is 8.07. The highest BCUT2D eigenvalue weighted by atomic mass is 35.5. The molecule has 1 unspecified atom stereocenters. The van der Waals surface area contributed by atoms with E-state index in [9.17, 15) is 13.2 Å². The third kappa shape index (κ3) is 6.99. The summed E-state index contributed by atoms with van der Waals surface area (Å²) in [5.74, 6) is 0.223. The number of rotatable bonds is 9. The highest BCUT2D eigenvalue weighted by molar-refractivity contribution is 7.92. The first-order valence-electron chi connectivity index (χ1n) is 11.3. The van der Waals surface area contributed by atoms with E-state index in [1.807, 2.05) is 19.9 Å². The Morgan fingerprint density at radius 3 is 2.26 bits per heavy atom. The molecule has 6 nitrogen and oxygen atoms in total. The standard InChI is InChI=1S/C27H31ClN2O4S/c1-18-14-20(3)25(15-19(18)2)21(4)29-27(31)17-34-24-12-10-23(11-13-24)30(35(5,32)33)16-22-8-6-7-9-26(22)28/h6-15,21H,16-17H2,1-5H3,(H,29,31). The van der Waals surface area contributed by atoms with Gasteiger partial charge in [0, 0.05) is 5.02 Å². The minimum Gasteiger partial charge on any atom is -0.484 e. The number of halogens is 1. The Hall–Kier alpha value is -3.03. The zero-order valence-corrected chi connectivity index (χ0v) is 22.2. The lowest BCUT2D eigenvalue weighted by Crippen LogP contribution is -2.31. The predicted molar refractivity (Wildman–Crippen MR) is 142 cm³/mol. The number of hydrogen-bond donors (Lipinski definition) is 1. The van der Waals surface area contributed by atoms with Gasteiger partial charge >= 0.3 is 0 Å². The molecule has 0 saturated heterocycles. The summed E-state index contributed by atoms with van der Waals surface area (Å²) in [7, 11) is -3.55. The number of amides is 1. The van der Waals surface area contributed by atoms with E-state index in [4.69, 9.17) is 16.3 Å². The number of ether oxygens (including phenoxy) is 1. The second kappa shape index (κ2) is 11.1. The molecule has 0 aromatic heterocycles. The van der Waals surface area contributed by atoms with Crippen molar-refractivity contribution in [1.29, 1.82) is 0 Å². The second-order valence-electron chi connectivity index (χ2n) is 8.73. The van der Waals surface area contributed by atoms with Crippen LogP contribution in [0.3, 0.4) is 0 Å². The van der Waals surface area contributed by atoms with Crippen molar-refractivity contribution in [2.45, 2.75) is 40.3 Å². The van der Waals surface area contributed by atoms with Crippen LogP contribution in [-0.2, 0) is 21.4 Å². The van der Waals surface area contributed by atoms with Crippen LogP contribution in [0.1, 0.15) is 40.8 Å². The van der Waals surface area contributed by atoms with E-state index in [1.54, 1.807) is 42.5 Å². The molecule has 0 bridgehead atoms. The molecule has 3 aromatic carbocycles. The third-order valence-corrected chi connectivity index (χ3v) is 7.40. The minimum atomic E-state index is -3.55. The number of carbonyl (C=O) groups excluding carboxylic acids is 1. The summed E-state index contributed by atoms with van der Waals surface area (Å²) in [5.41, 5.74) is 5.78. The Morgan fingerprint density at radius 1 is 1.00 bits per heavy atom. The van der Waals surface area contributed by atoms with E-state index in [-0.39, 0.29) is 25.1 Å². The number of carbonyl (C=O) groups is 1. The number of anilines is 1. The van der Waals surface area contributed by atoms with Crippen molar-refractivity contribution in [2.24, 2.45) is 0 Å². The van der Waals surface area contributed by atoms with E-state index >= 15 is 0 Å². The maximum atomic E-state index is 12.5. The second-order valence-corrected chi connectivity index (χ2v) is 11.0. The van der Waals surface area contributed by atoms with Crippen molar-refractivity contribution < 1.29 is 17.9 Å². The average molecular weight is 515 g/mol. The fraction of sp³-hybridized carbons (Fsp3) is 0.296. The monoisotopic (exact) mass is 514 g/mol. The number of hydrogen-bond acceptors (Lipinski definition) is 4. The van der Waals surface area contributed by atoms with Gasteiger partial charge in [-0.15, -0.1) is 0 Å². The van der Waals surface area contributed by atoms with Gasteiger partial charge in [-0.3, -0.25) is 9.10 Å². The molecule has 3 rings (SSSR count). The van der Waals surface area contributed by atoms with Gasteiger partial charge in [0.15, 0.2) is 6.61 Å². The lowest BCUT2D eigenvalue weighted by molar-refractivity contribution is -0.123. The van der Waals surface area contributed by atoms with Gasteiger partial charge in [0.2, 0.25) is 10.0 Å². The fourth-order valence-electron chi connectivity index (χ4n) is 3.85. The van der Waals surface area contributed by atoms with Crippen molar-refractivity contribution in [3.63, 3.8) is 0 Å². The molecule has 0 spiro atoms. The van der Waals surface area contributed by atoms with Gasteiger partial charge in [-0.2, -0.15) is 0 Å². The van der Waals surface area contributed by atoms with E-state index in [1.165, 1.54) is 15.4 Å². The van der Waals surface area contributed by atoms with Crippen molar-refractivity contribution in [3.05, 3.63) is 93.5 Å². The molecule has 35 heavy (non-hydrogen) atoms. The molecule has 0 radical (unpaired) electrons. The zero-order valence-electron chi connectivity index (χ0n) is 20.6. The van der Waals surface area contributed by atoms with Crippen molar-refractivity contribution in [2.75, 3.05) is 17.2 Å². The normalized spacial score (nSPS) is 12.2. The molecule has 1 N–H and O–H groups in total. The number of nitrogens with one attached hydrogen (secondary N) is 1. The van der Waals surface area contributed by atoms with E-state index in [0.29, 0.717) is 22.0 Å². The van der Waals surface area contributed by atoms with Crippen LogP contribution in [0.15, 0.2) is 60.7 Å². The molecule has 0 heterocycles. The molecular formula is C27H31ClN2O4S. The first-order chi connectivity index (χ1) is 16.5. The van der Waals surface area contributed by atoms with E-state index < -0.39 is 10.0 Å². The molecule has 3 aromatic rings. The summed E-state index contributed by atoms with van der Waals surface area (Å²) in [5, 5.41) is 3.47. The maximum absolute atomic E-state index is 12.5. The lowest BCUT2D eigenvalue weighted by atomic mass is 9.96. The van der Waals surface area contributed by atoms with Crippen LogP contribution in [0.25, 0.3) is 0 Å². The number of sulfonamides is 1. The molecule has 0 saturated carbocycles. The molecule has 0 fully saturated rings. The molecule has 186 valence electrons. The summed E-state index contributed by atoms with van der Waals surface area (Å²) < 4.78 is 31.8. The molecule has 8 heteroatoms. The Morgan fingerprint density at radius 2 is 1.63 bits per heavy atom. The molecule has 0 aliphatic heterocycles. The van der Waals surface area contributed by atoms with Gasteiger partial charge in [-0.1, -0.05) is 41.9 Å². The van der Waals surface area contributed by atoms with E-state index in [0.717, 1.165) is 17.4 Å². The fourth-order valence-corrected chi connectivity index (χ4v) is 4.92. The lowest BCUT2D eigenvalue weighted by Gasteiger charge is -2.23. The largest absolute Gasteiger partial charge is 0.484 e. The first kappa shape index (κ1) is 26.6. The SMILES string of the molecule is Cc1cc(C)c(C(C)NC(=O)COc2ccc(N(Cc3ccccc3Cl)S(C)(=O)=O)cc2)cc1C. The molecule has 1 atom stereocenters. The topological polar surface area (TPSA) is 75.7 Å². The highest BCUT2D eigenvalue weighted by Crippen LogP contribution is 2.26. The van der Waals surface area contributed by atoms with Crippen molar-refractivity contribution >= 4 is 33.2 Å².